The number of carbonyl (C=O) groups is 1. The molecular formula is C9H14ClNO3S. The number of fused-ring (bicyclic) bond motifs is 1. The summed E-state index contributed by atoms with van der Waals surface area (Å²) in [5.74, 6) is 0.202. The number of hydrogen-bond acceptors (Lipinski definition) is 3. The Kier molecular flexibility index (Phi) is 2.94. The van der Waals surface area contributed by atoms with E-state index in [-0.39, 0.29) is 28.7 Å². The van der Waals surface area contributed by atoms with E-state index in [4.69, 9.17) is 11.6 Å². The molecule has 2 heterocycles. The van der Waals surface area contributed by atoms with Crippen molar-refractivity contribution in [2.75, 3.05) is 24.7 Å². The first kappa shape index (κ1) is 11.2. The molecule has 0 radical (unpaired) electrons. The molecule has 2 atom stereocenters. The number of hydrogen-bond donors (Lipinski definition) is 0. The molecule has 4 nitrogen and oxygen atoms in total. The van der Waals surface area contributed by atoms with Crippen molar-refractivity contribution < 1.29 is 13.2 Å². The van der Waals surface area contributed by atoms with Crippen LogP contribution in [0, 0.1) is 5.92 Å². The van der Waals surface area contributed by atoms with Crippen LogP contribution >= 0.6 is 11.6 Å². The van der Waals surface area contributed by atoms with Gasteiger partial charge in [-0.2, -0.15) is 0 Å². The third-order valence-corrected chi connectivity index (χ3v) is 5.86. The third-order valence-electron chi connectivity index (χ3n) is 3.31. The SMILES string of the molecule is O=C(CCl)N1C[C@@H]2CCCS(=O)(=O)[C@@H]2C1. The lowest BCUT2D eigenvalue weighted by atomic mass is 10.0. The number of sulfone groups is 1. The molecule has 86 valence electrons. The van der Waals surface area contributed by atoms with Crippen molar-refractivity contribution in [1.29, 1.82) is 0 Å². The minimum atomic E-state index is -2.97. The monoisotopic (exact) mass is 251 g/mol. The molecule has 2 aliphatic rings. The van der Waals surface area contributed by atoms with E-state index in [9.17, 15) is 13.2 Å². The molecule has 2 saturated heterocycles. The first-order valence-corrected chi connectivity index (χ1v) is 7.35. The van der Waals surface area contributed by atoms with E-state index < -0.39 is 9.84 Å². The summed E-state index contributed by atoms with van der Waals surface area (Å²) in [7, 11) is -2.97. The lowest BCUT2D eigenvalue weighted by molar-refractivity contribution is -0.127. The van der Waals surface area contributed by atoms with Crippen LogP contribution < -0.4 is 0 Å². The molecule has 0 bridgehead atoms. The Morgan fingerprint density at radius 3 is 2.73 bits per heavy atom. The van der Waals surface area contributed by atoms with Crippen LogP contribution in [0.1, 0.15) is 12.8 Å². The van der Waals surface area contributed by atoms with Gasteiger partial charge in [0.1, 0.15) is 5.88 Å². The van der Waals surface area contributed by atoms with Crippen molar-refractivity contribution >= 4 is 27.3 Å². The largest absolute Gasteiger partial charge is 0.340 e. The molecule has 0 spiro atoms. The van der Waals surface area contributed by atoms with Crippen LogP contribution in [-0.2, 0) is 14.6 Å². The number of halogens is 1. The fourth-order valence-corrected chi connectivity index (χ4v) is 4.77. The molecule has 15 heavy (non-hydrogen) atoms. The standard InChI is InChI=1S/C9H14ClNO3S/c10-4-9(12)11-5-7-2-1-3-15(13,14)8(7)6-11/h7-8H,1-6H2/t7-,8+/m0/s1. The summed E-state index contributed by atoms with van der Waals surface area (Å²) in [6, 6.07) is 0. The number of amides is 1. The average Bonchev–Trinajstić information content (AvgIpc) is 2.61. The normalized spacial score (nSPS) is 33.8. The second-order valence-electron chi connectivity index (χ2n) is 4.24. The Bertz CT molecular complexity index is 368. The van der Waals surface area contributed by atoms with Crippen molar-refractivity contribution in [1.82, 2.24) is 4.90 Å². The number of alkyl halides is 1. The summed E-state index contributed by atoms with van der Waals surface area (Å²) in [5, 5.41) is -0.335. The maximum Gasteiger partial charge on any atom is 0.237 e. The molecular weight excluding hydrogens is 238 g/mol. The quantitative estimate of drug-likeness (QED) is 0.629. The van der Waals surface area contributed by atoms with E-state index in [2.05, 4.69) is 0 Å². The van der Waals surface area contributed by atoms with Gasteiger partial charge in [0, 0.05) is 13.1 Å². The van der Waals surface area contributed by atoms with Crippen LogP contribution in [0.25, 0.3) is 0 Å². The van der Waals surface area contributed by atoms with E-state index in [1.54, 1.807) is 4.90 Å². The second kappa shape index (κ2) is 3.94. The van der Waals surface area contributed by atoms with Crippen molar-refractivity contribution in [2.24, 2.45) is 5.92 Å². The van der Waals surface area contributed by atoms with Crippen LogP contribution in [0.3, 0.4) is 0 Å². The van der Waals surface area contributed by atoms with Gasteiger partial charge in [-0.15, -0.1) is 11.6 Å². The molecule has 0 aliphatic carbocycles. The molecule has 0 aromatic rings. The zero-order valence-electron chi connectivity index (χ0n) is 8.36. The van der Waals surface area contributed by atoms with Crippen LogP contribution in [0.4, 0.5) is 0 Å². The van der Waals surface area contributed by atoms with Gasteiger partial charge in [-0.05, 0) is 18.8 Å². The molecule has 0 aromatic heterocycles. The lowest BCUT2D eigenvalue weighted by Gasteiger charge is -2.23. The highest BCUT2D eigenvalue weighted by molar-refractivity contribution is 7.92. The van der Waals surface area contributed by atoms with Crippen LogP contribution in [0.15, 0.2) is 0 Å². The van der Waals surface area contributed by atoms with E-state index in [0.29, 0.717) is 13.1 Å². The molecule has 0 aromatic carbocycles. The van der Waals surface area contributed by atoms with Crippen molar-refractivity contribution in [3.63, 3.8) is 0 Å². The summed E-state index contributed by atoms with van der Waals surface area (Å²) in [6.07, 6.45) is 1.64. The van der Waals surface area contributed by atoms with Crippen molar-refractivity contribution in [3.05, 3.63) is 0 Å². The van der Waals surface area contributed by atoms with Gasteiger partial charge in [-0.25, -0.2) is 8.42 Å². The highest BCUT2D eigenvalue weighted by Crippen LogP contribution is 2.32. The fourth-order valence-electron chi connectivity index (χ4n) is 2.51. The topological polar surface area (TPSA) is 54.5 Å². The van der Waals surface area contributed by atoms with Gasteiger partial charge in [0.05, 0.1) is 11.0 Å². The van der Waals surface area contributed by atoms with Gasteiger partial charge in [-0.3, -0.25) is 4.79 Å². The molecule has 0 N–H and O–H groups in total. The molecule has 6 heteroatoms. The maximum atomic E-state index is 11.7. The lowest BCUT2D eigenvalue weighted by Crippen LogP contribution is -2.36. The summed E-state index contributed by atoms with van der Waals surface area (Å²) >= 11 is 5.46. The molecule has 2 rings (SSSR count). The highest BCUT2D eigenvalue weighted by atomic mass is 35.5. The Labute approximate surface area is 94.5 Å². The Hall–Kier alpha value is -0.290. The molecule has 2 fully saturated rings. The smallest absolute Gasteiger partial charge is 0.237 e. The summed E-state index contributed by atoms with van der Waals surface area (Å²) in [6.45, 7) is 0.911. The fraction of sp³-hybridized carbons (Fsp3) is 0.889. The molecule has 0 unspecified atom stereocenters. The summed E-state index contributed by atoms with van der Waals surface area (Å²) in [5.41, 5.74) is 0. The zero-order valence-corrected chi connectivity index (χ0v) is 9.93. The van der Waals surface area contributed by atoms with Crippen LogP contribution in [-0.4, -0.2) is 49.2 Å². The Morgan fingerprint density at radius 1 is 1.40 bits per heavy atom. The minimum absolute atomic E-state index is 0.0561. The Balaban J connectivity index is 2.15. The van der Waals surface area contributed by atoms with Gasteiger partial charge in [-0.1, -0.05) is 0 Å². The van der Waals surface area contributed by atoms with E-state index in [1.807, 2.05) is 0 Å². The van der Waals surface area contributed by atoms with E-state index in [0.717, 1.165) is 12.8 Å². The first-order valence-electron chi connectivity index (χ1n) is 5.10. The van der Waals surface area contributed by atoms with Gasteiger partial charge in [0.2, 0.25) is 5.91 Å². The predicted molar refractivity (Wildman–Crippen MR) is 57.6 cm³/mol. The van der Waals surface area contributed by atoms with Crippen LogP contribution in [0.2, 0.25) is 0 Å². The van der Waals surface area contributed by atoms with Gasteiger partial charge in [0.15, 0.2) is 9.84 Å². The molecule has 0 saturated carbocycles. The summed E-state index contributed by atoms with van der Waals surface area (Å²) in [4.78, 5) is 13.0. The minimum Gasteiger partial charge on any atom is -0.340 e. The molecule has 1 amide bonds. The Morgan fingerprint density at radius 2 is 2.13 bits per heavy atom. The van der Waals surface area contributed by atoms with E-state index >= 15 is 0 Å². The van der Waals surface area contributed by atoms with E-state index in [1.165, 1.54) is 0 Å². The maximum absolute atomic E-state index is 11.7. The average molecular weight is 252 g/mol. The van der Waals surface area contributed by atoms with Crippen molar-refractivity contribution in [2.45, 2.75) is 18.1 Å². The van der Waals surface area contributed by atoms with Crippen molar-refractivity contribution in [3.8, 4) is 0 Å². The number of likely N-dealkylation sites (tertiary alicyclic amines) is 1. The second-order valence-corrected chi connectivity index (χ2v) is 6.85. The third kappa shape index (κ3) is 1.99. The predicted octanol–water partition coefficient (Wildman–Crippen LogP) is 0.261. The number of carbonyl (C=O) groups excluding carboxylic acids is 1. The van der Waals surface area contributed by atoms with Gasteiger partial charge >= 0.3 is 0 Å². The van der Waals surface area contributed by atoms with Crippen LogP contribution in [0.5, 0.6) is 0 Å². The summed E-state index contributed by atoms with van der Waals surface area (Å²) < 4.78 is 23.5. The van der Waals surface area contributed by atoms with Gasteiger partial charge < -0.3 is 4.90 Å². The van der Waals surface area contributed by atoms with Gasteiger partial charge in [0.25, 0.3) is 0 Å². The molecule has 2 aliphatic heterocycles. The number of nitrogens with zero attached hydrogens (tertiary/aromatic N) is 1. The number of rotatable bonds is 1. The first-order chi connectivity index (χ1) is 7.04. The highest BCUT2D eigenvalue weighted by Gasteiger charge is 2.44. The zero-order chi connectivity index (χ0) is 11.1.